The molecule has 1 saturated heterocycles. The summed E-state index contributed by atoms with van der Waals surface area (Å²) in [6.07, 6.45) is 4.79. The topological polar surface area (TPSA) is 41.1 Å². The standard InChI is InChI=1S/C12H22N2OS/c1-8(12(15)14-10-5-6-10)13-11-4-3-7-16-9(11)2/h8-11,13H,3-7H2,1-2H3,(H,14,15). The smallest absolute Gasteiger partial charge is 0.237 e. The number of carbonyl (C=O) groups excluding carboxylic acids is 1. The van der Waals surface area contributed by atoms with Gasteiger partial charge < -0.3 is 10.6 Å². The van der Waals surface area contributed by atoms with Crippen LogP contribution in [0.1, 0.15) is 39.5 Å². The minimum atomic E-state index is -0.0493. The van der Waals surface area contributed by atoms with Gasteiger partial charge in [0.2, 0.25) is 5.91 Å². The van der Waals surface area contributed by atoms with Gasteiger partial charge in [0.1, 0.15) is 0 Å². The van der Waals surface area contributed by atoms with E-state index in [1.807, 2.05) is 18.7 Å². The zero-order chi connectivity index (χ0) is 11.5. The fourth-order valence-electron chi connectivity index (χ4n) is 2.09. The molecule has 0 aromatic rings. The molecule has 0 spiro atoms. The molecule has 92 valence electrons. The number of thioether (sulfide) groups is 1. The van der Waals surface area contributed by atoms with Crippen LogP contribution in [0.4, 0.5) is 0 Å². The van der Waals surface area contributed by atoms with Crippen molar-refractivity contribution in [2.45, 2.75) is 62.9 Å². The number of carbonyl (C=O) groups is 1. The van der Waals surface area contributed by atoms with Crippen molar-refractivity contribution in [3.63, 3.8) is 0 Å². The van der Waals surface area contributed by atoms with E-state index < -0.39 is 0 Å². The van der Waals surface area contributed by atoms with Crippen LogP contribution in [-0.2, 0) is 4.79 Å². The van der Waals surface area contributed by atoms with Crippen molar-refractivity contribution in [1.82, 2.24) is 10.6 Å². The van der Waals surface area contributed by atoms with Crippen LogP contribution in [0, 0.1) is 0 Å². The second-order valence-corrected chi connectivity index (χ2v) is 6.48. The summed E-state index contributed by atoms with van der Waals surface area (Å²) in [6.45, 7) is 4.23. The Morgan fingerprint density at radius 2 is 2.12 bits per heavy atom. The van der Waals surface area contributed by atoms with E-state index in [0.717, 1.165) is 12.8 Å². The van der Waals surface area contributed by atoms with Crippen LogP contribution in [0.25, 0.3) is 0 Å². The molecule has 1 saturated carbocycles. The van der Waals surface area contributed by atoms with Crippen molar-refractivity contribution in [2.24, 2.45) is 0 Å². The van der Waals surface area contributed by atoms with E-state index in [0.29, 0.717) is 17.3 Å². The molecule has 1 amide bonds. The minimum Gasteiger partial charge on any atom is -0.352 e. The van der Waals surface area contributed by atoms with E-state index in [4.69, 9.17) is 0 Å². The van der Waals surface area contributed by atoms with Crippen LogP contribution in [0.5, 0.6) is 0 Å². The summed E-state index contributed by atoms with van der Waals surface area (Å²) < 4.78 is 0. The van der Waals surface area contributed by atoms with Gasteiger partial charge in [-0.3, -0.25) is 4.79 Å². The SMILES string of the molecule is CC(NC1CCCSC1C)C(=O)NC1CC1. The Bertz CT molecular complexity index is 255. The predicted octanol–water partition coefficient (Wildman–Crippen LogP) is 1.53. The lowest BCUT2D eigenvalue weighted by atomic mass is 10.1. The van der Waals surface area contributed by atoms with E-state index >= 15 is 0 Å². The summed E-state index contributed by atoms with van der Waals surface area (Å²) in [6, 6.07) is 0.917. The van der Waals surface area contributed by atoms with Crippen LogP contribution in [0.3, 0.4) is 0 Å². The zero-order valence-corrected chi connectivity index (χ0v) is 11.0. The number of amides is 1. The Hall–Kier alpha value is -0.220. The fraction of sp³-hybridized carbons (Fsp3) is 0.917. The molecular formula is C12H22N2OS. The normalized spacial score (nSPS) is 32.1. The van der Waals surface area contributed by atoms with Crippen LogP contribution in [-0.4, -0.2) is 35.0 Å². The second-order valence-electron chi connectivity index (χ2n) is 5.00. The number of rotatable bonds is 4. The molecule has 1 heterocycles. The van der Waals surface area contributed by atoms with Crippen LogP contribution >= 0.6 is 11.8 Å². The van der Waals surface area contributed by atoms with Crippen molar-refractivity contribution in [3.05, 3.63) is 0 Å². The highest BCUT2D eigenvalue weighted by Gasteiger charge is 2.28. The molecule has 16 heavy (non-hydrogen) atoms. The summed E-state index contributed by atoms with van der Waals surface area (Å²) in [7, 11) is 0. The first-order valence-electron chi connectivity index (χ1n) is 6.35. The predicted molar refractivity (Wildman–Crippen MR) is 68.7 cm³/mol. The average Bonchev–Trinajstić information content (AvgIpc) is 3.05. The number of hydrogen-bond donors (Lipinski definition) is 2. The van der Waals surface area contributed by atoms with Gasteiger partial charge in [-0.2, -0.15) is 11.8 Å². The summed E-state index contributed by atoms with van der Waals surface area (Å²) in [5.74, 6) is 1.44. The highest BCUT2D eigenvalue weighted by atomic mass is 32.2. The first-order valence-corrected chi connectivity index (χ1v) is 7.39. The first kappa shape index (κ1) is 12.2. The highest BCUT2D eigenvalue weighted by Crippen LogP contribution is 2.25. The Labute approximate surface area is 102 Å². The van der Waals surface area contributed by atoms with Gasteiger partial charge in [-0.25, -0.2) is 0 Å². The van der Waals surface area contributed by atoms with Crippen LogP contribution in [0.2, 0.25) is 0 Å². The fourth-order valence-corrected chi connectivity index (χ4v) is 3.24. The third-order valence-corrected chi connectivity index (χ3v) is 4.77. The lowest BCUT2D eigenvalue weighted by Crippen LogP contribution is -2.50. The molecule has 0 radical (unpaired) electrons. The van der Waals surface area contributed by atoms with Gasteiger partial charge in [0.25, 0.3) is 0 Å². The molecule has 0 bridgehead atoms. The van der Waals surface area contributed by atoms with Crippen LogP contribution in [0.15, 0.2) is 0 Å². The Morgan fingerprint density at radius 3 is 2.75 bits per heavy atom. The maximum atomic E-state index is 11.8. The van der Waals surface area contributed by atoms with Crippen molar-refractivity contribution < 1.29 is 4.79 Å². The lowest BCUT2D eigenvalue weighted by molar-refractivity contribution is -0.123. The van der Waals surface area contributed by atoms with E-state index in [9.17, 15) is 4.79 Å². The molecular weight excluding hydrogens is 220 g/mol. The number of hydrogen-bond acceptors (Lipinski definition) is 3. The molecule has 2 rings (SSSR count). The second kappa shape index (κ2) is 5.41. The van der Waals surface area contributed by atoms with Gasteiger partial charge in [0.05, 0.1) is 6.04 Å². The van der Waals surface area contributed by atoms with Gasteiger partial charge in [-0.1, -0.05) is 6.92 Å². The molecule has 2 N–H and O–H groups in total. The van der Waals surface area contributed by atoms with Gasteiger partial charge in [-0.05, 0) is 38.4 Å². The summed E-state index contributed by atoms with van der Waals surface area (Å²) in [5, 5.41) is 7.15. The zero-order valence-electron chi connectivity index (χ0n) is 10.2. The Kier molecular flexibility index (Phi) is 4.14. The third kappa shape index (κ3) is 3.39. The summed E-state index contributed by atoms with van der Waals surface area (Å²) >= 11 is 2.01. The van der Waals surface area contributed by atoms with Gasteiger partial charge >= 0.3 is 0 Å². The highest BCUT2D eigenvalue weighted by molar-refractivity contribution is 7.99. The third-order valence-electron chi connectivity index (χ3n) is 3.39. The molecule has 1 aliphatic heterocycles. The Balaban J connectivity index is 1.75. The molecule has 3 nitrogen and oxygen atoms in total. The maximum Gasteiger partial charge on any atom is 0.237 e. The lowest BCUT2D eigenvalue weighted by Gasteiger charge is -2.31. The van der Waals surface area contributed by atoms with E-state index in [2.05, 4.69) is 17.6 Å². The van der Waals surface area contributed by atoms with Crippen LogP contribution < -0.4 is 10.6 Å². The van der Waals surface area contributed by atoms with E-state index in [1.54, 1.807) is 0 Å². The van der Waals surface area contributed by atoms with Gasteiger partial charge in [-0.15, -0.1) is 0 Å². The maximum absolute atomic E-state index is 11.8. The van der Waals surface area contributed by atoms with Gasteiger partial charge in [0, 0.05) is 17.3 Å². The van der Waals surface area contributed by atoms with E-state index in [1.165, 1.54) is 18.6 Å². The average molecular weight is 242 g/mol. The molecule has 3 atom stereocenters. The number of nitrogens with one attached hydrogen (secondary N) is 2. The van der Waals surface area contributed by atoms with E-state index in [-0.39, 0.29) is 11.9 Å². The first-order chi connectivity index (χ1) is 7.66. The van der Waals surface area contributed by atoms with Crippen molar-refractivity contribution >= 4 is 17.7 Å². The van der Waals surface area contributed by atoms with Crippen molar-refractivity contribution in [1.29, 1.82) is 0 Å². The Morgan fingerprint density at radius 1 is 1.38 bits per heavy atom. The molecule has 0 aromatic carbocycles. The summed E-state index contributed by atoms with van der Waals surface area (Å²) in [4.78, 5) is 11.8. The molecule has 3 unspecified atom stereocenters. The van der Waals surface area contributed by atoms with Gasteiger partial charge in [0.15, 0.2) is 0 Å². The summed E-state index contributed by atoms with van der Waals surface area (Å²) in [5.41, 5.74) is 0. The minimum absolute atomic E-state index is 0.0493. The largest absolute Gasteiger partial charge is 0.352 e. The van der Waals surface area contributed by atoms with Crippen molar-refractivity contribution in [2.75, 3.05) is 5.75 Å². The molecule has 4 heteroatoms. The molecule has 2 aliphatic rings. The molecule has 0 aromatic heterocycles. The molecule has 1 aliphatic carbocycles. The monoisotopic (exact) mass is 242 g/mol. The molecule has 2 fully saturated rings. The van der Waals surface area contributed by atoms with Crippen molar-refractivity contribution in [3.8, 4) is 0 Å². The quantitative estimate of drug-likeness (QED) is 0.785.